The van der Waals surface area contributed by atoms with Crippen LogP contribution in [0.25, 0.3) is 0 Å². The molecule has 2 rings (SSSR count). The normalized spacial score (nSPS) is 20.2. The van der Waals surface area contributed by atoms with E-state index < -0.39 is 9.84 Å². The van der Waals surface area contributed by atoms with Gasteiger partial charge >= 0.3 is 0 Å². The third-order valence-corrected chi connectivity index (χ3v) is 5.98. The van der Waals surface area contributed by atoms with E-state index in [1.807, 2.05) is 24.3 Å². The second-order valence-corrected chi connectivity index (χ2v) is 8.17. The van der Waals surface area contributed by atoms with Crippen LogP contribution in [0.4, 0.5) is 0 Å². The van der Waals surface area contributed by atoms with Gasteiger partial charge in [0.1, 0.15) is 0 Å². The van der Waals surface area contributed by atoms with E-state index in [0.29, 0.717) is 6.42 Å². The zero-order chi connectivity index (χ0) is 16.2. The highest BCUT2D eigenvalue weighted by atomic mass is 79.9. The zero-order valence-electron chi connectivity index (χ0n) is 12.1. The Bertz CT molecular complexity index is 675. The summed E-state index contributed by atoms with van der Waals surface area (Å²) in [4.78, 5) is 18.4. The number of benzene rings is 1. The molecular formula is C14H17BrN2O4S. The van der Waals surface area contributed by atoms with Crippen LogP contribution in [0.15, 0.2) is 33.9 Å². The van der Waals surface area contributed by atoms with E-state index in [4.69, 9.17) is 4.84 Å². The Morgan fingerprint density at radius 1 is 1.50 bits per heavy atom. The van der Waals surface area contributed by atoms with Gasteiger partial charge in [0.05, 0.1) is 17.7 Å². The summed E-state index contributed by atoms with van der Waals surface area (Å²) in [5.41, 5.74) is 0.838. The molecule has 120 valence electrons. The Balaban J connectivity index is 1.82. The van der Waals surface area contributed by atoms with E-state index >= 15 is 0 Å². The molecule has 22 heavy (non-hydrogen) atoms. The van der Waals surface area contributed by atoms with Crippen molar-refractivity contribution in [2.75, 3.05) is 25.2 Å². The summed E-state index contributed by atoms with van der Waals surface area (Å²) in [7, 11) is -1.42. The number of likely N-dealkylation sites (N-methyl/N-ethyl adjacent to an activating group) is 1. The second kappa shape index (κ2) is 7.23. The summed E-state index contributed by atoms with van der Waals surface area (Å²) < 4.78 is 23.7. The average Bonchev–Trinajstić information content (AvgIpc) is 2.84. The number of amides is 1. The van der Waals surface area contributed by atoms with Gasteiger partial charge in [-0.15, -0.1) is 0 Å². The molecule has 1 atom stereocenters. The summed E-state index contributed by atoms with van der Waals surface area (Å²) >= 11 is 3.38. The molecule has 0 saturated carbocycles. The van der Waals surface area contributed by atoms with Gasteiger partial charge in [0.25, 0.3) is 5.91 Å². The predicted octanol–water partition coefficient (Wildman–Crippen LogP) is 1.45. The number of oxime groups is 1. The Hall–Kier alpha value is -1.41. The summed E-state index contributed by atoms with van der Waals surface area (Å²) in [6.45, 7) is -0.214. The topological polar surface area (TPSA) is 76.0 Å². The van der Waals surface area contributed by atoms with Crippen LogP contribution in [0.5, 0.6) is 0 Å². The molecule has 1 aliphatic rings. The fourth-order valence-electron chi connectivity index (χ4n) is 2.15. The lowest BCUT2D eigenvalue weighted by Crippen LogP contribution is -2.39. The van der Waals surface area contributed by atoms with Crippen LogP contribution in [-0.4, -0.2) is 56.6 Å². The lowest BCUT2D eigenvalue weighted by Gasteiger charge is -2.22. The SMILES string of the molecule is CN(C(=O)CO/N=C\c1ccccc1Br)[C@@H]1CCS(=O)(=O)C1. The Labute approximate surface area is 138 Å². The summed E-state index contributed by atoms with van der Waals surface area (Å²) in [6.07, 6.45) is 1.99. The minimum atomic E-state index is -3.01. The van der Waals surface area contributed by atoms with E-state index in [0.717, 1.165) is 10.0 Å². The van der Waals surface area contributed by atoms with Gasteiger partial charge in [0.15, 0.2) is 16.4 Å². The van der Waals surface area contributed by atoms with Gasteiger partial charge in [-0.3, -0.25) is 4.79 Å². The summed E-state index contributed by atoms with van der Waals surface area (Å²) in [5.74, 6) is -0.127. The maximum absolute atomic E-state index is 11.9. The molecule has 0 aromatic heterocycles. The second-order valence-electron chi connectivity index (χ2n) is 5.09. The number of carbonyl (C=O) groups excluding carboxylic acids is 1. The lowest BCUT2D eigenvalue weighted by molar-refractivity contribution is -0.136. The van der Waals surface area contributed by atoms with Crippen molar-refractivity contribution in [2.24, 2.45) is 5.16 Å². The number of carbonyl (C=O) groups is 1. The van der Waals surface area contributed by atoms with Crippen LogP contribution in [0.2, 0.25) is 0 Å². The quantitative estimate of drug-likeness (QED) is 0.564. The molecule has 1 aromatic rings. The maximum Gasteiger partial charge on any atom is 0.263 e. The summed E-state index contributed by atoms with van der Waals surface area (Å²) in [5, 5.41) is 3.76. The number of rotatable bonds is 5. The minimum absolute atomic E-state index is 0.0233. The van der Waals surface area contributed by atoms with Crippen molar-refractivity contribution >= 4 is 37.9 Å². The summed E-state index contributed by atoms with van der Waals surface area (Å²) in [6, 6.07) is 7.21. The van der Waals surface area contributed by atoms with E-state index in [1.54, 1.807) is 7.05 Å². The number of halogens is 1. The largest absolute Gasteiger partial charge is 0.386 e. The third kappa shape index (κ3) is 4.54. The Morgan fingerprint density at radius 2 is 2.23 bits per heavy atom. The highest BCUT2D eigenvalue weighted by Crippen LogP contribution is 2.16. The molecule has 1 heterocycles. The Kier molecular flexibility index (Phi) is 5.57. The van der Waals surface area contributed by atoms with Crippen molar-refractivity contribution < 1.29 is 18.0 Å². The molecule has 0 N–H and O–H groups in total. The van der Waals surface area contributed by atoms with Crippen molar-refractivity contribution in [3.05, 3.63) is 34.3 Å². The van der Waals surface area contributed by atoms with Crippen LogP contribution >= 0.6 is 15.9 Å². The molecule has 1 fully saturated rings. The van der Waals surface area contributed by atoms with Gasteiger partial charge in [-0.25, -0.2) is 8.42 Å². The van der Waals surface area contributed by atoms with E-state index in [2.05, 4.69) is 21.1 Å². The highest BCUT2D eigenvalue weighted by Gasteiger charge is 2.32. The average molecular weight is 389 g/mol. The van der Waals surface area contributed by atoms with Gasteiger partial charge in [0, 0.05) is 23.1 Å². The molecule has 0 bridgehead atoms. The van der Waals surface area contributed by atoms with Gasteiger partial charge < -0.3 is 9.74 Å². The first kappa shape index (κ1) is 17.0. The number of sulfone groups is 1. The van der Waals surface area contributed by atoms with E-state index in [-0.39, 0.29) is 30.1 Å². The first-order chi connectivity index (χ1) is 10.4. The smallest absolute Gasteiger partial charge is 0.263 e. The van der Waals surface area contributed by atoms with E-state index in [1.165, 1.54) is 11.1 Å². The number of hydrogen-bond acceptors (Lipinski definition) is 5. The molecule has 8 heteroatoms. The Morgan fingerprint density at radius 3 is 2.86 bits per heavy atom. The lowest BCUT2D eigenvalue weighted by atomic mass is 10.2. The van der Waals surface area contributed by atoms with Crippen molar-refractivity contribution in [3.8, 4) is 0 Å². The highest BCUT2D eigenvalue weighted by molar-refractivity contribution is 9.10. The molecule has 0 aliphatic carbocycles. The molecular weight excluding hydrogens is 372 g/mol. The first-order valence-corrected chi connectivity index (χ1v) is 9.36. The number of nitrogens with zero attached hydrogens (tertiary/aromatic N) is 2. The molecule has 1 aromatic carbocycles. The van der Waals surface area contributed by atoms with Gasteiger partial charge in [-0.05, 0) is 12.5 Å². The molecule has 6 nitrogen and oxygen atoms in total. The molecule has 1 aliphatic heterocycles. The van der Waals surface area contributed by atoms with Crippen molar-refractivity contribution in [1.82, 2.24) is 4.90 Å². The van der Waals surface area contributed by atoms with E-state index in [9.17, 15) is 13.2 Å². The predicted molar refractivity (Wildman–Crippen MR) is 87.5 cm³/mol. The molecule has 0 radical (unpaired) electrons. The first-order valence-electron chi connectivity index (χ1n) is 6.75. The minimum Gasteiger partial charge on any atom is -0.386 e. The molecule has 0 spiro atoms. The molecule has 0 unspecified atom stereocenters. The fourth-order valence-corrected chi connectivity index (χ4v) is 4.31. The van der Waals surface area contributed by atoms with Gasteiger partial charge in [0.2, 0.25) is 0 Å². The molecule has 1 amide bonds. The van der Waals surface area contributed by atoms with Crippen LogP contribution in [-0.2, 0) is 19.5 Å². The van der Waals surface area contributed by atoms with Crippen molar-refractivity contribution in [1.29, 1.82) is 0 Å². The monoisotopic (exact) mass is 388 g/mol. The van der Waals surface area contributed by atoms with Crippen molar-refractivity contribution in [2.45, 2.75) is 12.5 Å². The van der Waals surface area contributed by atoms with Gasteiger partial charge in [-0.1, -0.05) is 39.3 Å². The van der Waals surface area contributed by atoms with Gasteiger partial charge in [-0.2, -0.15) is 0 Å². The standard InChI is InChI=1S/C14H17BrN2O4S/c1-17(12-6-7-22(19,20)10-12)14(18)9-21-16-8-11-4-2-3-5-13(11)15/h2-5,8,12H,6-7,9-10H2,1H3/b16-8-/t12-/m1/s1. The van der Waals surface area contributed by atoms with Crippen molar-refractivity contribution in [3.63, 3.8) is 0 Å². The fraction of sp³-hybridized carbons (Fsp3) is 0.429. The maximum atomic E-state index is 11.9. The molecule has 1 saturated heterocycles. The van der Waals surface area contributed by atoms with Crippen LogP contribution < -0.4 is 0 Å². The zero-order valence-corrected chi connectivity index (χ0v) is 14.5. The van der Waals surface area contributed by atoms with Crippen LogP contribution in [0.3, 0.4) is 0 Å². The van der Waals surface area contributed by atoms with Crippen LogP contribution in [0.1, 0.15) is 12.0 Å². The number of hydrogen-bond donors (Lipinski definition) is 0. The third-order valence-electron chi connectivity index (χ3n) is 3.51. The van der Waals surface area contributed by atoms with Crippen LogP contribution in [0, 0.1) is 0 Å².